The van der Waals surface area contributed by atoms with E-state index >= 15 is 0 Å². The van der Waals surface area contributed by atoms with E-state index in [4.69, 9.17) is 0 Å². The van der Waals surface area contributed by atoms with Crippen LogP contribution in [0.1, 0.15) is 36.8 Å². The molecule has 1 N–H and O–H groups in total. The van der Waals surface area contributed by atoms with Gasteiger partial charge in [-0.15, -0.1) is 0 Å². The monoisotopic (exact) mass is 409 g/mol. The Labute approximate surface area is 178 Å². The zero-order valence-corrected chi connectivity index (χ0v) is 18.0. The van der Waals surface area contributed by atoms with E-state index in [0.717, 1.165) is 26.2 Å². The Morgan fingerprint density at radius 1 is 1.17 bits per heavy atom. The van der Waals surface area contributed by atoms with Gasteiger partial charge < -0.3 is 10.2 Å². The number of hydrogen-bond acceptors (Lipinski definition) is 4. The van der Waals surface area contributed by atoms with Gasteiger partial charge in [0.15, 0.2) is 0 Å². The summed E-state index contributed by atoms with van der Waals surface area (Å²) in [5.41, 5.74) is 1.54. The summed E-state index contributed by atoms with van der Waals surface area (Å²) in [6.45, 7) is 10.3. The molecule has 2 amide bonds. The van der Waals surface area contributed by atoms with Crippen molar-refractivity contribution in [3.63, 3.8) is 0 Å². The average molecular weight is 410 g/mol. The normalized spacial score (nSPS) is 20.5. The molecule has 0 saturated carbocycles. The summed E-state index contributed by atoms with van der Waals surface area (Å²) in [7, 11) is 0. The van der Waals surface area contributed by atoms with E-state index in [-0.39, 0.29) is 29.2 Å². The molecular formula is C23H31N5O2. The van der Waals surface area contributed by atoms with E-state index < -0.39 is 0 Å². The Bertz CT molecular complexity index is 901. The van der Waals surface area contributed by atoms with Crippen LogP contribution in [0.3, 0.4) is 0 Å². The van der Waals surface area contributed by atoms with Gasteiger partial charge in [-0.1, -0.05) is 30.3 Å². The highest BCUT2D eigenvalue weighted by molar-refractivity contribution is 5.93. The number of nitrogens with one attached hydrogen (secondary N) is 1. The average Bonchev–Trinajstić information content (AvgIpc) is 3.31. The number of amides is 2. The van der Waals surface area contributed by atoms with Gasteiger partial charge in [0.05, 0.1) is 5.92 Å². The molecule has 2 fully saturated rings. The van der Waals surface area contributed by atoms with Gasteiger partial charge in [0.25, 0.3) is 5.91 Å². The molecule has 3 heterocycles. The molecule has 160 valence electrons. The summed E-state index contributed by atoms with van der Waals surface area (Å²) in [5, 5.41) is 7.44. The van der Waals surface area contributed by atoms with Crippen molar-refractivity contribution in [1.82, 2.24) is 24.9 Å². The van der Waals surface area contributed by atoms with Crippen LogP contribution in [0.2, 0.25) is 0 Å². The highest BCUT2D eigenvalue weighted by atomic mass is 16.2. The van der Waals surface area contributed by atoms with Crippen molar-refractivity contribution in [1.29, 1.82) is 0 Å². The smallest absolute Gasteiger partial charge is 0.274 e. The SMILES string of the molecule is CCn1ccc(C(=O)N2CC3(CN(Cc4ccccc4)CC3C(=O)NC(C)C)C2)n1. The highest BCUT2D eigenvalue weighted by Gasteiger charge is 2.57. The number of hydrogen-bond donors (Lipinski definition) is 1. The van der Waals surface area contributed by atoms with E-state index in [9.17, 15) is 9.59 Å². The van der Waals surface area contributed by atoms with Gasteiger partial charge >= 0.3 is 0 Å². The van der Waals surface area contributed by atoms with Gasteiger partial charge in [-0.3, -0.25) is 19.2 Å². The number of rotatable bonds is 6. The predicted octanol–water partition coefficient (Wildman–Crippen LogP) is 2.00. The Morgan fingerprint density at radius 2 is 1.90 bits per heavy atom. The third kappa shape index (κ3) is 3.99. The van der Waals surface area contributed by atoms with Crippen LogP contribution in [0.4, 0.5) is 0 Å². The van der Waals surface area contributed by atoms with Crippen molar-refractivity contribution in [2.75, 3.05) is 26.2 Å². The topological polar surface area (TPSA) is 70.5 Å². The molecule has 2 saturated heterocycles. The molecule has 1 unspecified atom stereocenters. The quantitative estimate of drug-likeness (QED) is 0.792. The van der Waals surface area contributed by atoms with Crippen molar-refractivity contribution in [2.24, 2.45) is 11.3 Å². The lowest BCUT2D eigenvalue weighted by molar-refractivity contribution is -0.131. The fraction of sp³-hybridized carbons (Fsp3) is 0.522. The van der Waals surface area contributed by atoms with Crippen molar-refractivity contribution < 1.29 is 9.59 Å². The number of aryl methyl sites for hydroxylation is 1. The van der Waals surface area contributed by atoms with Crippen molar-refractivity contribution >= 4 is 11.8 Å². The maximum Gasteiger partial charge on any atom is 0.274 e. The van der Waals surface area contributed by atoms with E-state index in [1.54, 1.807) is 10.7 Å². The van der Waals surface area contributed by atoms with Crippen molar-refractivity contribution in [2.45, 2.75) is 39.9 Å². The minimum atomic E-state index is -0.184. The second-order valence-electron chi connectivity index (χ2n) is 8.95. The standard InChI is InChI=1S/C23H31N5O2/c1-4-28-11-10-20(25-28)22(30)27-15-23(16-27)14-26(12-18-8-6-5-7-9-18)13-19(23)21(29)24-17(2)3/h5-11,17,19H,4,12-16H2,1-3H3,(H,24,29). The summed E-state index contributed by atoms with van der Waals surface area (Å²) in [6, 6.07) is 12.2. The van der Waals surface area contributed by atoms with Crippen LogP contribution in [0.15, 0.2) is 42.6 Å². The summed E-state index contributed by atoms with van der Waals surface area (Å²) in [6.07, 6.45) is 1.83. The molecule has 0 radical (unpaired) electrons. The number of aromatic nitrogens is 2. The zero-order chi connectivity index (χ0) is 21.3. The fourth-order valence-corrected chi connectivity index (χ4v) is 4.77. The minimum absolute atomic E-state index is 0.0441. The summed E-state index contributed by atoms with van der Waals surface area (Å²) < 4.78 is 1.76. The second kappa shape index (κ2) is 8.22. The molecule has 2 aliphatic heterocycles. The van der Waals surface area contributed by atoms with Gasteiger partial charge in [-0.25, -0.2) is 0 Å². The Kier molecular flexibility index (Phi) is 5.64. The third-order valence-electron chi connectivity index (χ3n) is 6.20. The first kappa shape index (κ1) is 20.6. The van der Waals surface area contributed by atoms with Crippen LogP contribution < -0.4 is 5.32 Å². The Morgan fingerprint density at radius 3 is 2.53 bits per heavy atom. The highest BCUT2D eigenvalue weighted by Crippen LogP contribution is 2.45. The van der Waals surface area contributed by atoms with Gasteiger partial charge in [0.1, 0.15) is 5.69 Å². The molecular weight excluding hydrogens is 378 g/mol. The van der Waals surface area contributed by atoms with Crippen LogP contribution in [-0.2, 0) is 17.9 Å². The first-order chi connectivity index (χ1) is 14.4. The molecule has 1 spiro atoms. The molecule has 0 bridgehead atoms. The maximum atomic E-state index is 13.0. The van der Waals surface area contributed by atoms with E-state index in [1.165, 1.54) is 5.56 Å². The van der Waals surface area contributed by atoms with Gasteiger partial charge in [-0.05, 0) is 32.4 Å². The molecule has 4 rings (SSSR count). The van der Waals surface area contributed by atoms with Crippen molar-refractivity contribution in [3.05, 3.63) is 53.9 Å². The van der Waals surface area contributed by atoms with E-state index in [1.807, 2.05) is 50.1 Å². The molecule has 30 heavy (non-hydrogen) atoms. The summed E-state index contributed by atoms with van der Waals surface area (Å²) in [5.74, 6) is -0.0545. The third-order valence-corrected chi connectivity index (χ3v) is 6.20. The number of likely N-dealkylation sites (tertiary alicyclic amines) is 2. The lowest BCUT2D eigenvalue weighted by Crippen LogP contribution is -2.64. The first-order valence-electron chi connectivity index (χ1n) is 10.8. The van der Waals surface area contributed by atoms with Crippen LogP contribution in [-0.4, -0.2) is 63.6 Å². The van der Waals surface area contributed by atoms with Gasteiger partial charge in [0, 0.05) is 56.9 Å². The molecule has 2 aromatic rings. The second-order valence-corrected chi connectivity index (χ2v) is 8.95. The molecule has 7 heteroatoms. The predicted molar refractivity (Wildman–Crippen MR) is 115 cm³/mol. The number of carbonyl (C=O) groups is 2. The molecule has 1 atom stereocenters. The van der Waals surface area contributed by atoms with E-state index in [0.29, 0.717) is 18.8 Å². The molecule has 2 aliphatic rings. The molecule has 1 aromatic heterocycles. The number of carbonyl (C=O) groups excluding carboxylic acids is 2. The van der Waals surface area contributed by atoms with Crippen LogP contribution in [0.25, 0.3) is 0 Å². The van der Waals surface area contributed by atoms with Gasteiger partial charge in [0.2, 0.25) is 5.91 Å². The summed E-state index contributed by atoms with van der Waals surface area (Å²) in [4.78, 5) is 30.0. The largest absolute Gasteiger partial charge is 0.354 e. The fourth-order valence-electron chi connectivity index (χ4n) is 4.77. The number of nitrogens with zero attached hydrogens (tertiary/aromatic N) is 4. The maximum absolute atomic E-state index is 13.0. The van der Waals surface area contributed by atoms with Crippen LogP contribution >= 0.6 is 0 Å². The Hall–Kier alpha value is -2.67. The zero-order valence-electron chi connectivity index (χ0n) is 18.0. The first-order valence-corrected chi connectivity index (χ1v) is 10.8. The Balaban J connectivity index is 1.47. The molecule has 0 aliphatic carbocycles. The molecule has 7 nitrogen and oxygen atoms in total. The summed E-state index contributed by atoms with van der Waals surface area (Å²) >= 11 is 0. The van der Waals surface area contributed by atoms with E-state index in [2.05, 4.69) is 27.4 Å². The lowest BCUT2D eigenvalue weighted by atomic mass is 9.71. The van der Waals surface area contributed by atoms with Crippen LogP contribution in [0.5, 0.6) is 0 Å². The molecule has 1 aromatic carbocycles. The minimum Gasteiger partial charge on any atom is -0.354 e. The van der Waals surface area contributed by atoms with Crippen molar-refractivity contribution in [3.8, 4) is 0 Å². The van der Waals surface area contributed by atoms with Gasteiger partial charge in [-0.2, -0.15) is 5.10 Å². The number of benzene rings is 1. The lowest BCUT2D eigenvalue weighted by Gasteiger charge is -2.50. The van der Waals surface area contributed by atoms with Crippen LogP contribution in [0, 0.1) is 11.3 Å².